The maximum atomic E-state index is 5.02. The Morgan fingerprint density at radius 1 is 1.08 bits per heavy atom. The Kier molecular flexibility index (Phi) is 5.51. The van der Waals surface area contributed by atoms with E-state index in [2.05, 4.69) is 64.9 Å². The van der Waals surface area contributed by atoms with Crippen LogP contribution in [0.4, 0.5) is 5.82 Å². The van der Waals surface area contributed by atoms with E-state index in [0.717, 1.165) is 37.7 Å². The van der Waals surface area contributed by atoms with Crippen molar-refractivity contribution >= 4 is 5.82 Å². The van der Waals surface area contributed by atoms with Crippen molar-refractivity contribution in [3.05, 3.63) is 48.0 Å². The maximum Gasteiger partial charge on any atom is 0.129 e. The van der Waals surface area contributed by atoms with Crippen molar-refractivity contribution < 1.29 is 0 Å². The highest BCUT2D eigenvalue weighted by molar-refractivity contribution is 5.65. The van der Waals surface area contributed by atoms with Crippen LogP contribution < -0.4 is 15.5 Å². The number of hydrogen-bond acceptors (Lipinski definition) is 4. The van der Waals surface area contributed by atoms with Crippen molar-refractivity contribution in [3.8, 4) is 11.3 Å². The highest BCUT2D eigenvalue weighted by Crippen LogP contribution is 2.28. The lowest BCUT2D eigenvalue weighted by molar-refractivity contribution is 0.386. The van der Waals surface area contributed by atoms with Gasteiger partial charge < -0.3 is 15.5 Å². The number of pyridine rings is 1. The highest BCUT2D eigenvalue weighted by atomic mass is 15.2. The number of rotatable bonds is 5. The smallest absolute Gasteiger partial charge is 0.129 e. The lowest BCUT2D eigenvalue weighted by atomic mass is 10.0. The minimum absolute atomic E-state index is 0.592. The molecule has 1 unspecified atom stereocenters. The molecule has 2 N–H and O–H groups in total. The van der Waals surface area contributed by atoms with Gasteiger partial charge in [0.25, 0.3) is 0 Å². The molecule has 2 fully saturated rings. The summed E-state index contributed by atoms with van der Waals surface area (Å²) >= 11 is 0. The lowest BCUT2D eigenvalue weighted by Crippen LogP contribution is -2.39. The molecule has 4 nitrogen and oxygen atoms in total. The Bertz CT molecular complexity index is 724. The van der Waals surface area contributed by atoms with Crippen LogP contribution in [0, 0.1) is 0 Å². The summed E-state index contributed by atoms with van der Waals surface area (Å²) < 4.78 is 0. The quantitative estimate of drug-likeness (QED) is 0.865. The molecule has 2 saturated heterocycles. The van der Waals surface area contributed by atoms with Crippen molar-refractivity contribution in [2.75, 3.05) is 24.5 Å². The molecule has 0 amide bonds. The number of aromatic nitrogens is 1. The Labute approximate surface area is 157 Å². The zero-order valence-electron chi connectivity index (χ0n) is 15.7. The van der Waals surface area contributed by atoms with Crippen molar-refractivity contribution in [1.29, 1.82) is 0 Å². The van der Waals surface area contributed by atoms with Gasteiger partial charge in [0.1, 0.15) is 5.82 Å². The first-order valence-corrected chi connectivity index (χ1v) is 10.1. The summed E-state index contributed by atoms with van der Waals surface area (Å²) in [5, 5.41) is 7.18. The van der Waals surface area contributed by atoms with Gasteiger partial charge in [0.05, 0.1) is 5.69 Å². The summed E-state index contributed by atoms with van der Waals surface area (Å²) in [5.74, 6) is 1.12. The Morgan fingerprint density at radius 3 is 2.73 bits per heavy atom. The summed E-state index contributed by atoms with van der Waals surface area (Å²) in [6, 6.07) is 16.4. The zero-order chi connectivity index (χ0) is 17.8. The molecule has 4 rings (SSSR count). The van der Waals surface area contributed by atoms with Crippen LogP contribution in [0.5, 0.6) is 0 Å². The SMILES string of the molecule is CC1CCCN1c1cccc(-c2ccccc2CNC2CCNCC2)n1. The van der Waals surface area contributed by atoms with E-state index in [1.165, 1.54) is 36.8 Å². The van der Waals surface area contributed by atoms with Crippen LogP contribution in [-0.2, 0) is 6.54 Å². The monoisotopic (exact) mass is 350 g/mol. The molecule has 4 heteroatoms. The maximum absolute atomic E-state index is 5.02. The standard InChI is InChI=1S/C22H30N4/c1-17-6-5-15-26(17)22-10-4-9-21(25-22)20-8-3-2-7-18(20)16-24-19-11-13-23-14-12-19/h2-4,7-10,17,19,23-24H,5-6,11-16H2,1H3. The van der Waals surface area contributed by atoms with Crippen LogP contribution in [0.1, 0.15) is 38.2 Å². The van der Waals surface area contributed by atoms with Gasteiger partial charge in [0.2, 0.25) is 0 Å². The molecular formula is C22H30N4. The lowest BCUT2D eigenvalue weighted by Gasteiger charge is -2.25. The van der Waals surface area contributed by atoms with Crippen LogP contribution in [0.25, 0.3) is 11.3 Å². The van der Waals surface area contributed by atoms with Crippen LogP contribution in [0.2, 0.25) is 0 Å². The third kappa shape index (κ3) is 3.92. The Hall–Kier alpha value is -1.91. The van der Waals surface area contributed by atoms with Gasteiger partial charge in [-0.25, -0.2) is 4.98 Å². The summed E-state index contributed by atoms with van der Waals surface area (Å²) in [4.78, 5) is 7.46. The van der Waals surface area contributed by atoms with Crippen LogP contribution in [0.15, 0.2) is 42.5 Å². The first-order chi connectivity index (χ1) is 12.8. The van der Waals surface area contributed by atoms with E-state index in [1.54, 1.807) is 0 Å². The second-order valence-corrected chi connectivity index (χ2v) is 7.63. The summed E-state index contributed by atoms with van der Waals surface area (Å²) in [5.41, 5.74) is 3.68. The predicted octanol–water partition coefficient (Wildman–Crippen LogP) is 3.58. The molecule has 26 heavy (non-hydrogen) atoms. The van der Waals surface area contributed by atoms with Gasteiger partial charge in [0, 0.05) is 30.7 Å². The van der Waals surface area contributed by atoms with Gasteiger partial charge in [-0.2, -0.15) is 0 Å². The first-order valence-electron chi connectivity index (χ1n) is 10.1. The van der Waals surface area contributed by atoms with Gasteiger partial charge in [-0.1, -0.05) is 30.3 Å². The molecule has 1 aromatic heterocycles. The third-order valence-electron chi connectivity index (χ3n) is 5.80. The van der Waals surface area contributed by atoms with Crippen molar-refractivity contribution in [3.63, 3.8) is 0 Å². The van der Waals surface area contributed by atoms with Gasteiger partial charge >= 0.3 is 0 Å². The summed E-state index contributed by atoms with van der Waals surface area (Å²) in [6.07, 6.45) is 4.96. The summed E-state index contributed by atoms with van der Waals surface area (Å²) in [6.45, 7) is 6.58. The molecular weight excluding hydrogens is 320 g/mol. The topological polar surface area (TPSA) is 40.2 Å². The molecule has 0 bridgehead atoms. The molecule has 0 aliphatic carbocycles. The van der Waals surface area contributed by atoms with Crippen LogP contribution >= 0.6 is 0 Å². The summed E-state index contributed by atoms with van der Waals surface area (Å²) in [7, 11) is 0. The van der Waals surface area contributed by atoms with E-state index in [9.17, 15) is 0 Å². The fourth-order valence-corrected chi connectivity index (χ4v) is 4.21. The molecule has 0 saturated carbocycles. The molecule has 1 atom stereocenters. The van der Waals surface area contributed by atoms with Crippen molar-refractivity contribution in [2.45, 2.75) is 51.2 Å². The molecule has 2 aliphatic rings. The van der Waals surface area contributed by atoms with Crippen LogP contribution in [-0.4, -0.2) is 36.7 Å². The minimum Gasteiger partial charge on any atom is -0.354 e. The molecule has 0 radical (unpaired) electrons. The second-order valence-electron chi connectivity index (χ2n) is 7.63. The fourth-order valence-electron chi connectivity index (χ4n) is 4.21. The van der Waals surface area contributed by atoms with E-state index in [1.807, 2.05) is 0 Å². The Balaban J connectivity index is 1.54. The second kappa shape index (κ2) is 8.19. The number of anilines is 1. The molecule has 2 aromatic rings. The largest absolute Gasteiger partial charge is 0.354 e. The van der Waals surface area contributed by atoms with Crippen molar-refractivity contribution in [1.82, 2.24) is 15.6 Å². The van der Waals surface area contributed by atoms with E-state index in [0.29, 0.717) is 12.1 Å². The average Bonchev–Trinajstić information content (AvgIpc) is 3.13. The van der Waals surface area contributed by atoms with Gasteiger partial charge in [-0.05, 0) is 63.4 Å². The molecule has 0 spiro atoms. The molecule has 2 aliphatic heterocycles. The zero-order valence-corrected chi connectivity index (χ0v) is 15.7. The van der Waals surface area contributed by atoms with Gasteiger partial charge in [0.15, 0.2) is 0 Å². The Morgan fingerprint density at radius 2 is 1.92 bits per heavy atom. The fraction of sp³-hybridized carbons (Fsp3) is 0.500. The molecule has 1 aromatic carbocycles. The molecule has 3 heterocycles. The van der Waals surface area contributed by atoms with E-state index in [4.69, 9.17) is 4.98 Å². The minimum atomic E-state index is 0.592. The third-order valence-corrected chi connectivity index (χ3v) is 5.80. The number of nitrogens with one attached hydrogen (secondary N) is 2. The number of benzene rings is 1. The average molecular weight is 351 g/mol. The molecule has 138 valence electrons. The van der Waals surface area contributed by atoms with Gasteiger partial charge in [-0.15, -0.1) is 0 Å². The van der Waals surface area contributed by atoms with E-state index >= 15 is 0 Å². The number of nitrogens with zero attached hydrogens (tertiary/aromatic N) is 2. The van der Waals surface area contributed by atoms with Crippen LogP contribution in [0.3, 0.4) is 0 Å². The van der Waals surface area contributed by atoms with E-state index < -0.39 is 0 Å². The van der Waals surface area contributed by atoms with E-state index in [-0.39, 0.29) is 0 Å². The number of hydrogen-bond donors (Lipinski definition) is 2. The van der Waals surface area contributed by atoms with Crippen molar-refractivity contribution in [2.24, 2.45) is 0 Å². The normalized spacial score (nSPS) is 21.3. The highest BCUT2D eigenvalue weighted by Gasteiger charge is 2.22. The van der Waals surface area contributed by atoms with Gasteiger partial charge in [-0.3, -0.25) is 0 Å². The predicted molar refractivity (Wildman–Crippen MR) is 108 cm³/mol. The number of piperidine rings is 1. The first kappa shape index (κ1) is 17.5.